The van der Waals surface area contributed by atoms with E-state index >= 15 is 0 Å². The molecule has 0 aliphatic carbocycles. The number of carboxylic acid groups (broad SMARTS) is 1. The predicted molar refractivity (Wildman–Crippen MR) is 69.8 cm³/mol. The molecule has 0 heterocycles. The fourth-order valence-corrected chi connectivity index (χ4v) is 1.60. The van der Waals surface area contributed by atoms with Gasteiger partial charge in [-0.05, 0) is 34.7 Å². The van der Waals surface area contributed by atoms with Crippen molar-refractivity contribution in [2.45, 2.75) is 6.04 Å². The standard InChI is InChI=1S/C10H10FIN2O4/c11-5-2-1-3-6(8(5)12)13-10(18)14-7(4-15)9(16)17/h1-3,7,15H,4H2,(H,16,17)(H2,13,14,18)/t7-/m1/s1. The van der Waals surface area contributed by atoms with Gasteiger partial charge < -0.3 is 20.8 Å². The number of aliphatic carboxylic acids is 1. The van der Waals surface area contributed by atoms with Gasteiger partial charge in [-0.3, -0.25) is 0 Å². The molecule has 0 bridgehead atoms. The van der Waals surface area contributed by atoms with Gasteiger partial charge in [-0.1, -0.05) is 6.07 Å². The van der Waals surface area contributed by atoms with E-state index in [9.17, 15) is 14.0 Å². The van der Waals surface area contributed by atoms with E-state index in [0.29, 0.717) is 0 Å². The lowest BCUT2D eigenvalue weighted by atomic mass is 10.3. The maximum atomic E-state index is 13.2. The molecule has 18 heavy (non-hydrogen) atoms. The van der Waals surface area contributed by atoms with Gasteiger partial charge in [0.1, 0.15) is 5.82 Å². The topological polar surface area (TPSA) is 98.7 Å². The van der Waals surface area contributed by atoms with Crippen LogP contribution in [0.3, 0.4) is 0 Å². The van der Waals surface area contributed by atoms with Gasteiger partial charge in [0.15, 0.2) is 6.04 Å². The minimum atomic E-state index is -1.41. The molecule has 0 unspecified atom stereocenters. The van der Waals surface area contributed by atoms with Gasteiger partial charge in [-0.2, -0.15) is 0 Å². The summed E-state index contributed by atoms with van der Waals surface area (Å²) in [6.07, 6.45) is 0. The van der Waals surface area contributed by atoms with Gasteiger partial charge >= 0.3 is 12.0 Å². The Bertz CT molecular complexity index is 469. The van der Waals surface area contributed by atoms with E-state index in [1.54, 1.807) is 22.6 Å². The van der Waals surface area contributed by atoms with Crippen LogP contribution < -0.4 is 10.6 Å². The van der Waals surface area contributed by atoms with Gasteiger partial charge in [0.2, 0.25) is 0 Å². The zero-order valence-electron chi connectivity index (χ0n) is 8.98. The van der Waals surface area contributed by atoms with Gasteiger partial charge in [0.25, 0.3) is 0 Å². The van der Waals surface area contributed by atoms with Crippen LogP contribution in [0.4, 0.5) is 14.9 Å². The van der Waals surface area contributed by atoms with Gasteiger partial charge in [0, 0.05) is 0 Å². The smallest absolute Gasteiger partial charge is 0.328 e. The third-order valence-electron chi connectivity index (χ3n) is 1.99. The summed E-state index contributed by atoms with van der Waals surface area (Å²) in [7, 11) is 0. The van der Waals surface area contributed by atoms with Crippen molar-refractivity contribution in [2.24, 2.45) is 0 Å². The number of carbonyl (C=O) groups excluding carboxylic acids is 1. The van der Waals surface area contributed by atoms with E-state index in [0.717, 1.165) is 0 Å². The molecule has 1 aromatic rings. The van der Waals surface area contributed by atoms with Gasteiger partial charge in [-0.25, -0.2) is 14.0 Å². The Labute approximate surface area is 115 Å². The zero-order valence-corrected chi connectivity index (χ0v) is 11.1. The van der Waals surface area contributed by atoms with Crippen LogP contribution in [-0.2, 0) is 4.79 Å². The molecule has 8 heteroatoms. The maximum absolute atomic E-state index is 13.2. The largest absolute Gasteiger partial charge is 0.480 e. The number of aliphatic hydroxyl groups is 1. The van der Waals surface area contributed by atoms with Crippen LogP contribution in [0.25, 0.3) is 0 Å². The molecule has 1 rings (SSSR count). The van der Waals surface area contributed by atoms with Crippen LogP contribution >= 0.6 is 22.6 Å². The molecular formula is C10H10FIN2O4. The van der Waals surface area contributed by atoms with E-state index in [-0.39, 0.29) is 9.26 Å². The number of aliphatic hydroxyl groups excluding tert-OH is 1. The van der Waals surface area contributed by atoms with E-state index in [1.807, 2.05) is 5.32 Å². The number of carbonyl (C=O) groups is 2. The minimum absolute atomic E-state index is 0.209. The molecule has 1 aromatic carbocycles. The fraction of sp³-hybridized carbons (Fsp3) is 0.200. The zero-order chi connectivity index (χ0) is 13.7. The summed E-state index contributed by atoms with van der Waals surface area (Å²) in [6.45, 7) is -0.733. The van der Waals surface area contributed by atoms with Crippen molar-refractivity contribution in [3.8, 4) is 0 Å². The molecule has 0 radical (unpaired) electrons. The molecule has 4 N–H and O–H groups in total. The summed E-state index contributed by atoms with van der Waals surface area (Å²) in [5.41, 5.74) is 0.218. The minimum Gasteiger partial charge on any atom is -0.480 e. The Balaban J connectivity index is 2.70. The average Bonchev–Trinajstić information content (AvgIpc) is 2.31. The summed E-state index contributed by atoms with van der Waals surface area (Å²) in [5, 5.41) is 21.7. The van der Waals surface area contributed by atoms with E-state index in [2.05, 4.69) is 5.32 Å². The predicted octanol–water partition coefficient (Wildman–Crippen LogP) is 0.997. The third-order valence-corrected chi connectivity index (χ3v) is 3.08. The molecule has 0 aliphatic rings. The Kier molecular flexibility index (Phi) is 5.28. The Hall–Kier alpha value is -1.42. The van der Waals surface area contributed by atoms with Crippen molar-refractivity contribution >= 4 is 40.3 Å². The number of anilines is 1. The first-order chi connectivity index (χ1) is 8.45. The van der Waals surface area contributed by atoms with E-state index in [1.165, 1.54) is 18.2 Å². The van der Waals surface area contributed by atoms with Gasteiger partial charge in [0.05, 0.1) is 15.9 Å². The molecular weight excluding hydrogens is 358 g/mol. The fourth-order valence-electron chi connectivity index (χ4n) is 1.10. The SMILES string of the molecule is O=C(Nc1cccc(F)c1I)N[C@H](CO)C(=O)O. The second kappa shape index (κ2) is 6.50. The highest BCUT2D eigenvalue weighted by Crippen LogP contribution is 2.20. The van der Waals surface area contributed by atoms with Crippen molar-refractivity contribution in [1.82, 2.24) is 5.32 Å². The molecule has 2 amide bonds. The Morgan fingerprint density at radius 1 is 1.44 bits per heavy atom. The molecule has 0 aromatic heterocycles. The first-order valence-electron chi connectivity index (χ1n) is 4.81. The summed E-state index contributed by atoms with van der Waals surface area (Å²) in [6, 6.07) is 1.88. The molecule has 0 fully saturated rings. The van der Waals surface area contributed by atoms with Crippen molar-refractivity contribution in [2.75, 3.05) is 11.9 Å². The summed E-state index contributed by atoms with van der Waals surface area (Å²) >= 11 is 1.71. The van der Waals surface area contributed by atoms with Crippen LogP contribution in [0, 0.1) is 9.39 Å². The van der Waals surface area contributed by atoms with Crippen molar-refractivity contribution in [1.29, 1.82) is 0 Å². The normalized spacial score (nSPS) is 11.7. The number of hydrogen-bond acceptors (Lipinski definition) is 3. The highest BCUT2D eigenvalue weighted by atomic mass is 127. The highest BCUT2D eigenvalue weighted by molar-refractivity contribution is 14.1. The summed E-state index contributed by atoms with van der Waals surface area (Å²) in [5.74, 6) is -1.85. The van der Waals surface area contributed by atoms with Gasteiger partial charge in [-0.15, -0.1) is 0 Å². The lowest BCUT2D eigenvalue weighted by molar-refractivity contribution is -0.140. The second-order valence-electron chi connectivity index (χ2n) is 3.27. The highest BCUT2D eigenvalue weighted by Gasteiger charge is 2.19. The molecule has 0 saturated carbocycles. The molecule has 0 aliphatic heterocycles. The third kappa shape index (κ3) is 3.81. The van der Waals surface area contributed by atoms with Crippen LogP contribution in [0.1, 0.15) is 0 Å². The first kappa shape index (κ1) is 14.6. The van der Waals surface area contributed by atoms with Crippen LogP contribution in [0.2, 0.25) is 0 Å². The number of halogens is 2. The number of amides is 2. The number of nitrogens with one attached hydrogen (secondary N) is 2. The van der Waals surface area contributed by atoms with E-state index < -0.39 is 30.5 Å². The van der Waals surface area contributed by atoms with Crippen LogP contribution in [0.15, 0.2) is 18.2 Å². The number of urea groups is 1. The average molecular weight is 368 g/mol. The van der Waals surface area contributed by atoms with Crippen LogP contribution in [-0.4, -0.2) is 34.9 Å². The number of rotatable bonds is 4. The number of hydrogen-bond donors (Lipinski definition) is 4. The summed E-state index contributed by atoms with van der Waals surface area (Å²) < 4.78 is 13.4. The van der Waals surface area contributed by atoms with Crippen molar-refractivity contribution in [3.05, 3.63) is 27.6 Å². The Morgan fingerprint density at radius 3 is 2.67 bits per heavy atom. The van der Waals surface area contributed by atoms with Crippen molar-refractivity contribution in [3.63, 3.8) is 0 Å². The molecule has 98 valence electrons. The molecule has 0 spiro atoms. The quantitative estimate of drug-likeness (QED) is 0.596. The molecule has 0 saturated heterocycles. The van der Waals surface area contributed by atoms with Crippen LogP contribution in [0.5, 0.6) is 0 Å². The molecule has 6 nitrogen and oxygen atoms in total. The number of carboxylic acids is 1. The Morgan fingerprint density at radius 2 is 2.11 bits per heavy atom. The number of benzene rings is 1. The lowest BCUT2D eigenvalue weighted by Gasteiger charge is -2.13. The lowest BCUT2D eigenvalue weighted by Crippen LogP contribution is -2.45. The molecule has 1 atom stereocenters. The monoisotopic (exact) mass is 368 g/mol. The van der Waals surface area contributed by atoms with E-state index in [4.69, 9.17) is 10.2 Å². The summed E-state index contributed by atoms with van der Waals surface area (Å²) in [4.78, 5) is 22.0. The second-order valence-corrected chi connectivity index (χ2v) is 4.35. The van der Waals surface area contributed by atoms with Crippen molar-refractivity contribution < 1.29 is 24.2 Å². The maximum Gasteiger partial charge on any atom is 0.328 e. The first-order valence-corrected chi connectivity index (χ1v) is 5.88.